The summed E-state index contributed by atoms with van der Waals surface area (Å²) in [7, 11) is 0. The third kappa shape index (κ3) is 32.0. The molecule has 0 radical (unpaired) electrons. The Morgan fingerprint density at radius 3 is 1.36 bits per heavy atom. The van der Waals surface area contributed by atoms with E-state index in [4.69, 9.17) is 0 Å². The van der Waals surface area contributed by atoms with Crippen molar-refractivity contribution in [1.82, 2.24) is 5.32 Å². The number of hydrogen-bond acceptors (Lipinski definition) is 3. The predicted octanol–water partition coefficient (Wildman–Crippen LogP) is 11.5. The highest BCUT2D eigenvalue weighted by Gasteiger charge is 2.17. The maximum absolute atomic E-state index is 12.3. The van der Waals surface area contributed by atoms with E-state index in [2.05, 4.69) is 43.5 Å². The number of aliphatic hydroxyl groups excluding tert-OH is 2. The summed E-state index contributed by atoms with van der Waals surface area (Å²) in [5, 5.41) is 22.8. The molecule has 2 atom stereocenters. The molecule has 0 aromatic rings. The van der Waals surface area contributed by atoms with Crippen LogP contribution in [0.15, 0.2) is 36.5 Å². The molecule has 0 spiro atoms. The van der Waals surface area contributed by atoms with Gasteiger partial charge < -0.3 is 15.5 Å². The van der Waals surface area contributed by atoms with Crippen molar-refractivity contribution in [2.24, 2.45) is 0 Å². The first-order chi connectivity index (χ1) is 21.7. The van der Waals surface area contributed by atoms with Gasteiger partial charge in [-0.15, -0.1) is 0 Å². The summed E-state index contributed by atoms with van der Waals surface area (Å²) in [5.41, 5.74) is 0. The SMILES string of the molecule is CCCCC/C=C/CC/C=C/C(O)C(CO)NC(=O)CCCCCCCCCCCCC/C=C\CCCCCCCCCC. The zero-order chi connectivity index (χ0) is 32.2. The Labute approximate surface area is 274 Å². The number of carbonyl (C=O) groups is 1. The van der Waals surface area contributed by atoms with Crippen LogP contribution in [0.2, 0.25) is 0 Å². The van der Waals surface area contributed by atoms with Crippen molar-refractivity contribution in [2.75, 3.05) is 6.61 Å². The predicted molar refractivity (Wildman–Crippen MR) is 193 cm³/mol. The molecular formula is C40H75NO3. The first-order valence-electron chi connectivity index (χ1n) is 19.2. The highest BCUT2D eigenvalue weighted by atomic mass is 16.3. The molecule has 0 aromatic heterocycles. The fourth-order valence-electron chi connectivity index (χ4n) is 5.60. The molecule has 0 heterocycles. The monoisotopic (exact) mass is 618 g/mol. The van der Waals surface area contributed by atoms with Gasteiger partial charge in [-0.1, -0.05) is 166 Å². The summed E-state index contributed by atoms with van der Waals surface area (Å²) in [6.07, 6.45) is 46.8. The first kappa shape index (κ1) is 42.6. The lowest BCUT2D eigenvalue weighted by molar-refractivity contribution is -0.123. The fraction of sp³-hybridized carbons (Fsp3) is 0.825. The Bertz CT molecular complexity index is 672. The number of amides is 1. The van der Waals surface area contributed by atoms with Gasteiger partial charge in [0.25, 0.3) is 0 Å². The van der Waals surface area contributed by atoms with Crippen LogP contribution in [0.5, 0.6) is 0 Å². The van der Waals surface area contributed by atoms with Gasteiger partial charge >= 0.3 is 0 Å². The van der Waals surface area contributed by atoms with E-state index in [-0.39, 0.29) is 12.5 Å². The van der Waals surface area contributed by atoms with Crippen molar-refractivity contribution in [3.05, 3.63) is 36.5 Å². The highest BCUT2D eigenvalue weighted by Crippen LogP contribution is 2.14. The molecule has 0 aliphatic heterocycles. The van der Waals surface area contributed by atoms with Crippen molar-refractivity contribution in [1.29, 1.82) is 0 Å². The van der Waals surface area contributed by atoms with Gasteiger partial charge in [0, 0.05) is 6.42 Å². The normalized spacial score (nSPS) is 13.5. The Morgan fingerprint density at radius 1 is 0.523 bits per heavy atom. The van der Waals surface area contributed by atoms with Gasteiger partial charge in [0.2, 0.25) is 5.91 Å². The summed E-state index contributed by atoms with van der Waals surface area (Å²) >= 11 is 0. The molecule has 1 amide bonds. The van der Waals surface area contributed by atoms with Crippen molar-refractivity contribution < 1.29 is 15.0 Å². The van der Waals surface area contributed by atoms with Crippen LogP contribution in [0.25, 0.3) is 0 Å². The maximum Gasteiger partial charge on any atom is 0.220 e. The minimum atomic E-state index is -0.858. The Balaban J connectivity index is 3.53. The van der Waals surface area contributed by atoms with E-state index in [1.54, 1.807) is 6.08 Å². The molecule has 3 N–H and O–H groups in total. The zero-order valence-corrected chi connectivity index (χ0v) is 29.4. The van der Waals surface area contributed by atoms with Gasteiger partial charge in [-0.05, 0) is 57.8 Å². The van der Waals surface area contributed by atoms with Gasteiger partial charge in [-0.25, -0.2) is 0 Å². The van der Waals surface area contributed by atoms with Crippen molar-refractivity contribution in [3.63, 3.8) is 0 Å². The van der Waals surface area contributed by atoms with Crippen molar-refractivity contribution >= 4 is 5.91 Å². The molecule has 0 fully saturated rings. The third-order valence-corrected chi connectivity index (χ3v) is 8.60. The maximum atomic E-state index is 12.3. The molecule has 4 nitrogen and oxygen atoms in total. The minimum absolute atomic E-state index is 0.0782. The number of nitrogens with one attached hydrogen (secondary N) is 1. The van der Waals surface area contributed by atoms with Gasteiger partial charge in [-0.2, -0.15) is 0 Å². The Hall–Kier alpha value is -1.39. The van der Waals surface area contributed by atoms with Crippen LogP contribution in [-0.4, -0.2) is 34.9 Å². The van der Waals surface area contributed by atoms with E-state index in [9.17, 15) is 15.0 Å². The quantitative estimate of drug-likeness (QED) is 0.0497. The number of carbonyl (C=O) groups excluding carboxylic acids is 1. The van der Waals surface area contributed by atoms with Crippen molar-refractivity contribution in [2.45, 2.75) is 206 Å². The van der Waals surface area contributed by atoms with E-state index < -0.39 is 12.1 Å². The molecule has 0 bridgehead atoms. The molecule has 0 aliphatic carbocycles. The molecule has 258 valence electrons. The van der Waals surface area contributed by atoms with E-state index in [0.29, 0.717) is 6.42 Å². The number of hydrogen-bond donors (Lipinski definition) is 3. The molecule has 0 saturated carbocycles. The average molecular weight is 618 g/mol. The van der Waals surface area contributed by atoms with Crippen LogP contribution in [0.4, 0.5) is 0 Å². The first-order valence-corrected chi connectivity index (χ1v) is 19.2. The van der Waals surface area contributed by atoms with Gasteiger partial charge in [0.05, 0.1) is 18.8 Å². The van der Waals surface area contributed by atoms with Crippen molar-refractivity contribution in [3.8, 4) is 0 Å². The zero-order valence-electron chi connectivity index (χ0n) is 29.4. The summed E-state index contributed by atoms with van der Waals surface area (Å²) in [6, 6.07) is -0.635. The van der Waals surface area contributed by atoms with Crippen LogP contribution in [0.3, 0.4) is 0 Å². The number of unbranched alkanes of at least 4 members (excludes halogenated alkanes) is 23. The molecule has 2 unspecified atom stereocenters. The van der Waals surface area contributed by atoms with Gasteiger partial charge in [-0.3, -0.25) is 4.79 Å². The second-order valence-electron chi connectivity index (χ2n) is 13.0. The molecule has 0 aliphatic rings. The van der Waals surface area contributed by atoms with E-state index in [0.717, 1.165) is 32.1 Å². The van der Waals surface area contributed by atoms with Crippen LogP contribution in [0, 0.1) is 0 Å². The Morgan fingerprint density at radius 2 is 0.886 bits per heavy atom. The highest BCUT2D eigenvalue weighted by molar-refractivity contribution is 5.76. The lowest BCUT2D eigenvalue weighted by Crippen LogP contribution is -2.45. The summed E-state index contributed by atoms with van der Waals surface area (Å²) in [5.74, 6) is -0.0782. The van der Waals surface area contributed by atoms with Gasteiger partial charge in [0.1, 0.15) is 0 Å². The topological polar surface area (TPSA) is 69.6 Å². The second-order valence-corrected chi connectivity index (χ2v) is 13.0. The fourth-order valence-corrected chi connectivity index (χ4v) is 5.60. The second kappa shape index (κ2) is 36.1. The lowest BCUT2D eigenvalue weighted by Gasteiger charge is -2.19. The number of allylic oxidation sites excluding steroid dienone is 5. The number of aliphatic hydroxyl groups is 2. The van der Waals surface area contributed by atoms with Crippen LogP contribution < -0.4 is 5.32 Å². The standard InChI is InChI=1S/C40H75NO3/c1-3-5-7-9-11-13-14-15-16-17-18-19-20-21-22-23-24-25-26-28-30-32-34-36-40(44)41-38(37-42)39(43)35-33-31-29-27-12-10-8-6-4-2/h12,17-18,27,33,35,38-39,42-43H,3-11,13-16,19-26,28-32,34,36-37H2,1-2H3,(H,41,44)/b18-17-,27-12+,35-33+. The largest absolute Gasteiger partial charge is 0.394 e. The number of rotatable bonds is 34. The molecule has 0 rings (SSSR count). The van der Waals surface area contributed by atoms with Crippen LogP contribution >= 0.6 is 0 Å². The smallest absolute Gasteiger partial charge is 0.220 e. The average Bonchev–Trinajstić information content (AvgIpc) is 3.03. The van der Waals surface area contributed by atoms with Crippen LogP contribution in [0.1, 0.15) is 194 Å². The third-order valence-electron chi connectivity index (χ3n) is 8.60. The van der Waals surface area contributed by atoms with E-state index >= 15 is 0 Å². The molecule has 0 aromatic carbocycles. The summed E-state index contributed by atoms with van der Waals surface area (Å²) < 4.78 is 0. The Kier molecular flexibility index (Phi) is 34.9. The molecule has 4 heteroatoms. The van der Waals surface area contributed by atoms with E-state index in [1.165, 1.54) is 141 Å². The lowest BCUT2D eigenvalue weighted by atomic mass is 10.0. The van der Waals surface area contributed by atoms with Crippen LogP contribution in [-0.2, 0) is 4.79 Å². The molecule has 44 heavy (non-hydrogen) atoms. The molecular weight excluding hydrogens is 542 g/mol. The summed E-state index contributed by atoms with van der Waals surface area (Å²) in [6.45, 7) is 4.24. The summed E-state index contributed by atoms with van der Waals surface area (Å²) in [4.78, 5) is 12.3. The minimum Gasteiger partial charge on any atom is -0.394 e. The molecule has 0 saturated heterocycles. The van der Waals surface area contributed by atoms with Gasteiger partial charge in [0.15, 0.2) is 0 Å². The van der Waals surface area contributed by atoms with E-state index in [1.807, 2.05) is 6.08 Å².